The van der Waals surface area contributed by atoms with E-state index < -0.39 is 0 Å². The molecular formula is C24H28N4O2S. The predicted molar refractivity (Wildman–Crippen MR) is 124 cm³/mol. The number of thioether (sulfide) groups is 1. The Balaban J connectivity index is 1.54. The van der Waals surface area contributed by atoms with Gasteiger partial charge in [0.25, 0.3) is 0 Å². The summed E-state index contributed by atoms with van der Waals surface area (Å²) in [6, 6.07) is 18.0. The molecule has 162 valence electrons. The Kier molecular flexibility index (Phi) is 6.92. The average molecular weight is 437 g/mol. The SMILES string of the molecule is COc1ccc(-c2nnc(SCC(=O)NC3CCCCC3C)n2-c2ccccc2)cc1. The van der Waals surface area contributed by atoms with Gasteiger partial charge in [-0.15, -0.1) is 10.2 Å². The Labute approximate surface area is 187 Å². The van der Waals surface area contributed by atoms with Crippen LogP contribution in [0.5, 0.6) is 5.75 Å². The summed E-state index contributed by atoms with van der Waals surface area (Å²) >= 11 is 1.42. The lowest BCUT2D eigenvalue weighted by atomic mass is 9.86. The number of carbonyl (C=O) groups excluding carboxylic acids is 1. The Hall–Kier alpha value is -2.80. The number of para-hydroxylation sites is 1. The van der Waals surface area contributed by atoms with Crippen LogP contribution in [0.1, 0.15) is 32.6 Å². The first-order chi connectivity index (χ1) is 15.2. The smallest absolute Gasteiger partial charge is 0.230 e. The van der Waals surface area contributed by atoms with Crippen LogP contribution in [-0.2, 0) is 4.79 Å². The van der Waals surface area contributed by atoms with Crippen LogP contribution in [0, 0.1) is 5.92 Å². The molecule has 0 spiro atoms. The maximum absolute atomic E-state index is 12.6. The van der Waals surface area contributed by atoms with E-state index in [0.29, 0.717) is 16.8 Å². The minimum Gasteiger partial charge on any atom is -0.497 e. The molecule has 3 aromatic rings. The number of carbonyl (C=O) groups is 1. The molecule has 0 aliphatic heterocycles. The van der Waals surface area contributed by atoms with Crippen molar-refractivity contribution in [2.24, 2.45) is 5.92 Å². The first-order valence-electron chi connectivity index (χ1n) is 10.7. The number of aromatic nitrogens is 3. The number of benzene rings is 2. The molecule has 0 saturated heterocycles. The first kappa shape index (κ1) is 21.4. The van der Waals surface area contributed by atoms with Crippen molar-refractivity contribution in [1.29, 1.82) is 0 Å². The highest BCUT2D eigenvalue weighted by Crippen LogP contribution is 2.29. The number of hydrogen-bond donors (Lipinski definition) is 1. The van der Waals surface area contributed by atoms with Crippen molar-refractivity contribution >= 4 is 17.7 Å². The number of amides is 1. The summed E-state index contributed by atoms with van der Waals surface area (Å²) in [5, 5.41) is 12.8. The molecule has 0 radical (unpaired) electrons. The summed E-state index contributed by atoms with van der Waals surface area (Å²) in [5.41, 5.74) is 1.90. The first-order valence-corrected chi connectivity index (χ1v) is 11.7. The maximum atomic E-state index is 12.6. The van der Waals surface area contributed by atoms with Crippen molar-refractivity contribution in [2.45, 2.75) is 43.8 Å². The number of nitrogens with zero attached hydrogens (tertiary/aromatic N) is 3. The third kappa shape index (κ3) is 5.10. The zero-order chi connectivity index (χ0) is 21.6. The van der Waals surface area contributed by atoms with Gasteiger partial charge < -0.3 is 10.1 Å². The fourth-order valence-electron chi connectivity index (χ4n) is 4.01. The van der Waals surface area contributed by atoms with E-state index >= 15 is 0 Å². The van der Waals surface area contributed by atoms with Gasteiger partial charge in [0, 0.05) is 17.3 Å². The lowest BCUT2D eigenvalue weighted by Crippen LogP contribution is -2.41. The molecule has 2 unspecified atom stereocenters. The summed E-state index contributed by atoms with van der Waals surface area (Å²) < 4.78 is 7.27. The number of hydrogen-bond acceptors (Lipinski definition) is 5. The van der Waals surface area contributed by atoms with Gasteiger partial charge in [-0.05, 0) is 55.2 Å². The number of methoxy groups -OCH3 is 1. The van der Waals surface area contributed by atoms with E-state index in [1.165, 1.54) is 31.0 Å². The van der Waals surface area contributed by atoms with E-state index in [1.54, 1.807) is 7.11 Å². The molecule has 4 rings (SSSR count). The van der Waals surface area contributed by atoms with Crippen LogP contribution in [0.15, 0.2) is 59.8 Å². The molecule has 1 heterocycles. The summed E-state index contributed by atoms with van der Waals surface area (Å²) in [5.74, 6) is 2.43. The Morgan fingerprint density at radius 2 is 1.84 bits per heavy atom. The van der Waals surface area contributed by atoms with Crippen LogP contribution < -0.4 is 10.1 Å². The zero-order valence-electron chi connectivity index (χ0n) is 18.0. The molecule has 1 amide bonds. The minimum atomic E-state index is 0.0531. The highest BCUT2D eigenvalue weighted by atomic mass is 32.2. The summed E-state index contributed by atoms with van der Waals surface area (Å²) in [7, 11) is 1.65. The molecule has 1 aliphatic carbocycles. The van der Waals surface area contributed by atoms with Crippen molar-refractivity contribution < 1.29 is 9.53 Å². The van der Waals surface area contributed by atoms with Crippen molar-refractivity contribution in [3.8, 4) is 22.8 Å². The Morgan fingerprint density at radius 3 is 2.55 bits per heavy atom. The fraction of sp³-hybridized carbons (Fsp3) is 0.375. The maximum Gasteiger partial charge on any atom is 0.230 e. The summed E-state index contributed by atoms with van der Waals surface area (Å²) in [6.45, 7) is 2.23. The van der Waals surface area contributed by atoms with Gasteiger partial charge >= 0.3 is 0 Å². The van der Waals surface area contributed by atoms with E-state index in [1.807, 2.05) is 59.2 Å². The van der Waals surface area contributed by atoms with Crippen LogP contribution in [-0.4, -0.2) is 39.6 Å². The monoisotopic (exact) mass is 436 g/mol. The van der Waals surface area contributed by atoms with E-state index in [0.717, 1.165) is 29.2 Å². The predicted octanol–water partition coefficient (Wildman–Crippen LogP) is 4.73. The molecule has 2 aromatic carbocycles. The van der Waals surface area contributed by atoms with Gasteiger partial charge in [-0.3, -0.25) is 9.36 Å². The number of rotatable bonds is 7. The van der Waals surface area contributed by atoms with Gasteiger partial charge in [0.05, 0.1) is 12.9 Å². The van der Waals surface area contributed by atoms with Crippen LogP contribution in [0.25, 0.3) is 17.1 Å². The third-order valence-corrected chi connectivity index (χ3v) is 6.72. The van der Waals surface area contributed by atoms with Crippen LogP contribution >= 0.6 is 11.8 Å². The van der Waals surface area contributed by atoms with E-state index in [-0.39, 0.29) is 11.9 Å². The molecule has 1 N–H and O–H groups in total. The van der Waals surface area contributed by atoms with Crippen LogP contribution in [0.3, 0.4) is 0 Å². The van der Waals surface area contributed by atoms with Gasteiger partial charge in [-0.1, -0.05) is 49.7 Å². The minimum absolute atomic E-state index is 0.0531. The molecular weight excluding hydrogens is 408 g/mol. The Morgan fingerprint density at radius 1 is 1.10 bits per heavy atom. The zero-order valence-corrected chi connectivity index (χ0v) is 18.8. The second-order valence-electron chi connectivity index (χ2n) is 7.93. The van der Waals surface area contributed by atoms with Crippen molar-refractivity contribution in [3.05, 3.63) is 54.6 Å². The Bertz CT molecular complexity index is 1000. The second kappa shape index (κ2) is 10.0. The van der Waals surface area contributed by atoms with Crippen molar-refractivity contribution in [2.75, 3.05) is 12.9 Å². The highest BCUT2D eigenvalue weighted by molar-refractivity contribution is 7.99. The summed E-state index contributed by atoms with van der Waals surface area (Å²) in [4.78, 5) is 12.6. The van der Waals surface area contributed by atoms with Gasteiger partial charge in [0.2, 0.25) is 5.91 Å². The third-order valence-electron chi connectivity index (χ3n) is 5.79. The topological polar surface area (TPSA) is 69.0 Å². The summed E-state index contributed by atoms with van der Waals surface area (Å²) in [6.07, 6.45) is 4.71. The molecule has 7 heteroatoms. The number of ether oxygens (including phenoxy) is 1. The average Bonchev–Trinajstić information content (AvgIpc) is 3.24. The van der Waals surface area contributed by atoms with Gasteiger partial charge in [-0.2, -0.15) is 0 Å². The highest BCUT2D eigenvalue weighted by Gasteiger charge is 2.23. The molecule has 1 fully saturated rings. The molecule has 0 bridgehead atoms. The molecule has 1 saturated carbocycles. The van der Waals surface area contributed by atoms with Crippen molar-refractivity contribution in [3.63, 3.8) is 0 Å². The number of nitrogens with one attached hydrogen (secondary N) is 1. The van der Waals surface area contributed by atoms with Gasteiger partial charge in [0.15, 0.2) is 11.0 Å². The molecule has 6 nitrogen and oxygen atoms in total. The van der Waals surface area contributed by atoms with Gasteiger partial charge in [0.1, 0.15) is 5.75 Å². The lowest BCUT2D eigenvalue weighted by Gasteiger charge is -2.29. The standard InChI is InChI=1S/C24H28N4O2S/c1-17-8-6-7-11-21(17)25-22(29)16-31-24-27-26-23(18-12-14-20(30-2)15-13-18)28(24)19-9-4-3-5-10-19/h3-5,9-10,12-15,17,21H,6-8,11,16H2,1-2H3,(H,25,29). The van der Waals surface area contributed by atoms with Gasteiger partial charge in [-0.25, -0.2) is 0 Å². The fourth-order valence-corrected chi connectivity index (χ4v) is 4.77. The van der Waals surface area contributed by atoms with Crippen LogP contribution in [0.4, 0.5) is 0 Å². The van der Waals surface area contributed by atoms with Crippen LogP contribution in [0.2, 0.25) is 0 Å². The quantitative estimate of drug-likeness (QED) is 0.542. The molecule has 1 aromatic heterocycles. The van der Waals surface area contributed by atoms with Crippen molar-refractivity contribution in [1.82, 2.24) is 20.1 Å². The lowest BCUT2D eigenvalue weighted by molar-refractivity contribution is -0.119. The molecule has 1 aliphatic rings. The van der Waals surface area contributed by atoms with E-state index in [4.69, 9.17) is 4.74 Å². The largest absolute Gasteiger partial charge is 0.497 e. The normalized spacial score (nSPS) is 18.5. The second-order valence-corrected chi connectivity index (χ2v) is 8.87. The molecule has 31 heavy (non-hydrogen) atoms. The van der Waals surface area contributed by atoms with E-state index in [2.05, 4.69) is 22.4 Å². The van der Waals surface area contributed by atoms with E-state index in [9.17, 15) is 4.79 Å². The molecule has 2 atom stereocenters.